The summed E-state index contributed by atoms with van der Waals surface area (Å²) in [5.41, 5.74) is 0. The smallest absolute Gasteiger partial charge is 0.147 e. The fourth-order valence-electron chi connectivity index (χ4n) is 1.54. The number of thioether (sulfide) groups is 1. The van der Waals surface area contributed by atoms with Crippen molar-refractivity contribution >= 4 is 11.8 Å². The molecule has 0 spiro atoms. The van der Waals surface area contributed by atoms with Gasteiger partial charge in [0.05, 0.1) is 6.54 Å². The van der Waals surface area contributed by atoms with Crippen LogP contribution in [0.15, 0.2) is 35.2 Å². The van der Waals surface area contributed by atoms with Gasteiger partial charge in [-0.25, -0.2) is 9.67 Å². The van der Waals surface area contributed by atoms with Crippen LogP contribution in [0.2, 0.25) is 0 Å². The Bertz CT molecular complexity index is 451. The molecule has 2 rings (SSSR count). The molecule has 84 valence electrons. The molecule has 1 aromatic carbocycles. The molecular weight excluding hydrogens is 218 g/mol. The normalized spacial score (nSPS) is 10.6. The fraction of sp³-hybridized carbons (Fsp3) is 0.333. The van der Waals surface area contributed by atoms with Crippen molar-refractivity contribution in [3.63, 3.8) is 0 Å². The minimum absolute atomic E-state index is 0.849. The average molecular weight is 233 g/mol. The van der Waals surface area contributed by atoms with Crippen LogP contribution in [0.25, 0.3) is 0 Å². The van der Waals surface area contributed by atoms with Crippen molar-refractivity contribution < 1.29 is 0 Å². The summed E-state index contributed by atoms with van der Waals surface area (Å²) in [4.78, 5) is 5.58. The summed E-state index contributed by atoms with van der Waals surface area (Å²) in [6.45, 7) is 4.83. The molecule has 0 aliphatic heterocycles. The van der Waals surface area contributed by atoms with Crippen molar-refractivity contribution in [2.45, 2.75) is 25.3 Å². The molecule has 0 saturated carbocycles. The topological polar surface area (TPSA) is 30.7 Å². The molecule has 0 fully saturated rings. The first-order valence-corrected chi connectivity index (χ1v) is 6.30. The Labute approximate surface area is 99.9 Å². The predicted molar refractivity (Wildman–Crippen MR) is 66.7 cm³/mol. The molecule has 0 N–H and O–H groups in total. The van der Waals surface area contributed by atoms with E-state index in [1.165, 1.54) is 4.90 Å². The van der Waals surface area contributed by atoms with E-state index < -0.39 is 0 Å². The van der Waals surface area contributed by atoms with Crippen molar-refractivity contribution in [3.05, 3.63) is 42.0 Å². The van der Waals surface area contributed by atoms with Gasteiger partial charge >= 0.3 is 0 Å². The molecule has 0 unspecified atom stereocenters. The highest BCUT2D eigenvalue weighted by Gasteiger charge is 2.01. The van der Waals surface area contributed by atoms with Gasteiger partial charge < -0.3 is 0 Å². The van der Waals surface area contributed by atoms with Crippen LogP contribution in [0, 0.1) is 13.8 Å². The van der Waals surface area contributed by atoms with Gasteiger partial charge in [0.15, 0.2) is 0 Å². The van der Waals surface area contributed by atoms with Crippen LogP contribution in [0.3, 0.4) is 0 Å². The minimum Gasteiger partial charge on any atom is -0.249 e. The number of aryl methyl sites for hydroxylation is 3. The summed E-state index contributed by atoms with van der Waals surface area (Å²) in [7, 11) is 0. The first-order chi connectivity index (χ1) is 7.75. The largest absolute Gasteiger partial charge is 0.249 e. The highest BCUT2D eigenvalue weighted by molar-refractivity contribution is 7.99. The second-order valence-corrected chi connectivity index (χ2v) is 4.76. The van der Waals surface area contributed by atoms with Gasteiger partial charge in [-0.2, -0.15) is 5.10 Å². The number of hydrogen-bond acceptors (Lipinski definition) is 3. The molecule has 1 heterocycles. The van der Waals surface area contributed by atoms with Gasteiger partial charge in [0, 0.05) is 10.6 Å². The third-order valence-electron chi connectivity index (χ3n) is 2.28. The SMILES string of the molecule is Cc1nc(C)n(CCSc2ccccc2)n1. The van der Waals surface area contributed by atoms with Gasteiger partial charge in [-0.1, -0.05) is 18.2 Å². The van der Waals surface area contributed by atoms with Crippen molar-refractivity contribution in [2.24, 2.45) is 0 Å². The molecule has 16 heavy (non-hydrogen) atoms. The zero-order valence-electron chi connectivity index (χ0n) is 9.55. The van der Waals surface area contributed by atoms with E-state index in [1.807, 2.05) is 36.4 Å². The van der Waals surface area contributed by atoms with Crippen LogP contribution in [-0.2, 0) is 6.54 Å². The van der Waals surface area contributed by atoms with Crippen molar-refractivity contribution in [1.29, 1.82) is 0 Å². The van der Waals surface area contributed by atoms with Gasteiger partial charge in [0.2, 0.25) is 0 Å². The lowest BCUT2D eigenvalue weighted by atomic mass is 10.4. The molecule has 0 saturated heterocycles. The van der Waals surface area contributed by atoms with Gasteiger partial charge in [-0.05, 0) is 26.0 Å². The van der Waals surface area contributed by atoms with Crippen LogP contribution < -0.4 is 0 Å². The number of hydrogen-bond donors (Lipinski definition) is 0. The maximum Gasteiger partial charge on any atom is 0.147 e. The monoisotopic (exact) mass is 233 g/mol. The van der Waals surface area contributed by atoms with Crippen LogP contribution in [-0.4, -0.2) is 20.5 Å². The average Bonchev–Trinajstić information content (AvgIpc) is 2.59. The molecule has 0 atom stereocenters. The highest BCUT2D eigenvalue weighted by Crippen LogP contribution is 2.17. The van der Waals surface area contributed by atoms with Crippen molar-refractivity contribution in [3.8, 4) is 0 Å². The van der Waals surface area contributed by atoms with Gasteiger partial charge in [0.25, 0.3) is 0 Å². The Hall–Kier alpha value is -1.29. The molecule has 0 aliphatic rings. The van der Waals surface area contributed by atoms with E-state index in [4.69, 9.17) is 0 Å². The van der Waals surface area contributed by atoms with E-state index in [0.29, 0.717) is 0 Å². The van der Waals surface area contributed by atoms with Crippen LogP contribution in [0.4, 0.5) is 0 Å². The standard InChI is InChI=1S/C12H15N3S/c1-10-13-11(2)15(14-10)8-9-16-12-6-4-3-5-7-12/h3-7H,8-9H2,1-2H3. The third kappa shape index (κ3) is 2.85. The minimum atomic E-state index is 0.849. The lowest BCUT2D eigenvalue weighted by Gasteiger charge is -2.03. The van der Waals surface area contributed by atoms with Crippen LogP contribution in [0.1, 0.15) is 11.6 Å². The number of rotatable bonds is 4. The second kappa shape index (κ2) is 5.16. The Morgan fingerprint density at radius 1 is 1.19 bits per heavy atom. The Morgan fingerprint density at radius 2 is 1.94 bits per heavy atom. The van der Waals surface area contributed by atoms with Gasteiger partial charge in [-0.15, -0.1) is 11.8 Å². The number of benzene rings is 1. The zero-order chi connectivity index (χ0) is 11.4. The summed E-state index contributed by atoms with van der Waals surface area (Å²) >= 11 is 1.84. The Morgan fingerprint density at radius 3 is 2.56 bits per heavy atom. The first-order valence-electron chi connectivity index (χ1n) is 5.31. The molecule has 3 nitrogen and oxygen atoms in total. The molecule has 1 aromatic heterocycles. The van der Waals surface area contributed by atoms with Crippen LogP contribution in [0.5, 0.6) is 0 Å². The second-order valence-electron chi connectivity index (χ2n) is 3.59. The number of aromatic nitrogens is 3. The fourth-order valence-corrected chi connectivity index (χ4v) is 2.39. The highest BCUT2D eigenvalue weighted by atomic mass is 32.2. The summed E-state index contributed by atoms with van der Waals surface area (Å²) in [5, 5.41) is 4.33. The van der Waals surface area contributed by atoms with E-state index in [1.54, 1.807) is 0 Å². The molecule has 0 aliphatic carbocycles. The summed E-state index contributed by atoms with van der Waals surface area (Å²) in [5.74, 6) is 2.86. The Balaban J connectivity index is 1.87. The maximum atomic E-state index is 4.33. The molecule has 0 amide bonds. The van der Waals surface area contributed by atoms with E-state index in [0.717, 1.165) is 23.9 Å². The van der Waals surface area contributed by atoms with Crippen molar-refractivity contribution in [1.82, 2.24) is 14.8 Å². The number of nitrogens with zero attached hydrogens (tertiary/aromatic N) is 3. The van der Waals surface area contributed by atoms with Gasteiger partial charge in [-0.3, -0.25) is 0 Å². The lowest BCUT2D eigenvalue weighted by molar-refractivity contribution is 0.637. The molecule has 0 radical (unpaired) electrons. The zero-order valence-corrected chi connectivity index (χ0v) is 10.4. The molecular formula is C12H15N3S. The third-order valence-corrected chi connectivity index (χ3v) is 3.27. The van der Waals surface area contributed by atoms with E-state index >= 15 is 0 Å². The van der Waals surface area contributed by atoms with E-state index in [-0.39, 0.29) is 0 Å². The summed E-state index contributed by atoms with van der Waals surface area (Å²) < 4.78 is 1.96. The quantitative estimate of drug-likeness (QED) is 0.761. The lowest BCUT2D eigenvalue weighted by Crippen LogP contribution is -2.04. The van der Waals surface area contributed by atoms with E-state index in [2.05, 4.69) is 34.3 Å². The summed E-state index contributed by atoms with van der Waals surface area (Å²) in [6, 6.07) is 10.4. The molecule has 2 aromatic rings. The van der Waals surface area contributed by atoms with Gasteiger partial charge in [0.1, 0.15) is 11.6 Å². The van der Waals surface area contributed by atoms with E-state index in [9.17, 15) is 0 Å². The first kappa shape index (κ1) is 11.2. The maximum absolute atomic E-state index is 4.33. The van der Waals surface area contributed by atoms with Crippen LogP contribution >= 0.6 is 11.8 Å². The summed E-state index contributed by atoms with van der Waals surface area (Å²) in [6.07, 6.45) is 0. The Kier molecular flexibility index (Phi) is 3.62. The molecule has 4 heteroatoms. The molecule has 0 bridgehead atoms. The van der Waals surface area contributed by atoms with Crippen molar-refractivity contribution in [2.75, 3.05) is 5.75 Å². The predicted octanol–water partition coefficient (Wildman–Crippen LogP) is 2.69.